The van der Waals surface area contributed by atoms with Crippen molar-refractivity contribution < 1.29 is 9.47 Å². The molecule has 0 aliphatic heterocycles. The van der Waals surface area contributed by atoms with Gasteiger partial charge in [0.15, 0.2) is 5.75 Å². The van der Waals surface area contributed by atoms with Gasteiger partial charge in [0, 0.05) is 6.20 Å². The summed E-state index contributed by atoms with van der Waals surface area (Å²) in [6.45, 7) is 2.59. The molecule has 0 bridgehead atoms. The summed E-state index contributed by atoms with van der Waals surface area (Å²) >= 11 is 0. The van der Waals surface area contributed by atoms with Gasteiger partial charge in [-0.2, -0.15) is 0 Å². The summed E-state index contributed by atoms with van der Waals surface area (Å²) in [6, 6.07) is 9.07. The molecule has 0 radical (unpaired) electrons. The molecule has 1 aromatic carbocycles. The number of ether oxygens (including phenoxy) is 2. The lowest BCUT2D eigenvalue weighted by atomic mass is 10.3. The van der Waals surface area contributed by atoms with Crippen LogP contribution in [0.25, 0.3) is 0 Å². The summed E-state index contributed by atoms with van der Waals surface area (Å²) in [7, 11) is 0. The van der Waals surface area contributed by atoms with Crippen molar-refractivity contribution in [3.8, 4) is 17.2 Å². The molecule has 0 spiro atoms. The smallest absolute Gasteiger partial charge is 0.168 e. The second-order valence-corrected chi connectivity index (χ2v) is 3.42. The number of nitrogens with two attached hydrogens (primary N) is 1. The lowest BCUT2D eigenvalue weighted by molar-refractivity contribution is 0.339. The van der Waals surface area contributed by atoms with Crippen molar-refractivity contribution in [1.82, 2.24) is 4.98 Å². The van der Waals surface area contributed by atoms with Crippen LogP contribution in [0, 0.1) is 0 Å². The van der Waals surface area contributed by atoms with Crippen LogP contribution in [0.2, 0.25) is 0 Å². The predicted molar refractivity (Wildman–Crippen MR) is 66.3 cm³/mol. The molecule has 2 N–H and O–H groups in total. The van der Waals surface area contributed by atoms with Gasteiger partial charge in [0.2, 0.25) is 0 Å². The highest BCUT2D eigenvalue weighted by Gasteiger charge is 2.01. The topological polar surface area (TPSA) is 57.4 Å². The van der Waals surface area contributed by atoms with Gasteiger partial charge in [-0.05, 0) is 37.3 Å². The van der Waals surface area contributed by atoms with Gasteiger partial charge in [0.05, 0.1) is 18.5 Å². The van der Waals surface area contributed by atoms with E-state index in [9.17, 15) is 0 Å². The minimum atomic E-state index is 0.552. The third-order valence-corrected chi connectivity index (χ3v) is 2.18. The fourth-order valence-electron chi connectivity index (χ4n) is 1.37. The van der Waals surface area contributed by atoms with Crippen LogP contribution in [-0.4, -0.2) is 11.6 Å². The number of hydrogen-bond donors (Lipinski definition) is 1. The predicted octanol–water partition coefficient (Wildman–Crippen LogP) is 2.85. The van der Waals surface area contributed by atoms with Gasteiger partial charge >= 0.3 is 0 Å². The molecule has 0 atom stereocenters. The number of rotatable bonds is 4. The molecule has 17 heavy (non-hydrogen) atoms. The first-order chi connectivity index (χ1) is 8.29. The van der Waals surface area contributed by atoms with Crippen LogP contribution < -0.4 is 15.2 Å². The Morgan fingerprint density at radius 3 is 2.47 bits per heavy atom. The molecule has 0 aliphatic rings. The van der Waals surface area contributed by atoms with Gasteiger partial charge in [0.1, 0.15) is 11.5 Å². The Bertz CT molecular complexity index is 483. The average Bonchev–Trinajstić information content (AvgIpc) is 2.35. The Morgan fingerprint density at radius 1 is 1.12 bits per heavy atom. The Labute approximate surface area is 100 Å². The van der Waals surface area contributed by atoms with Crippen molar-refractivity contribution in [3.05, 3.63) is 42.7 Å². The molecule has 0 amide bonds. The Hall–Kier alpha value is -2.23. The molecular weight excluding hydrogens is 216 g/mol. The van der Waals surface area contributed by atoms with Crippen molar-refractivity contribution in [1.29, 1.82) is 0 Å². The van der Waals surface area contributed by atoms with E-state index in [4.69, 9.17) is 15.2 Å². The zero-order valence-electron chi connectivity index (χ0n) is 9.59. The molecule has 4 heteroatoms. The number of anilines is 1. The third kappa shape index (κ3) is 2.87. The van der Waals surface area contributed by atoms with Crippen molar-refractivity contribution in [2.75, 3.05) is 12.3 Å². The Kier molecular flexibility index (Phi) is 3.45. The Balaban J connectivity index is 2.11. The molecule has 0 saturated heterocycles. The number of nitrogens with zero attached hydrogens (tertiary/aromatic N) is 1. The standard InChI is InChI=1S/C13H14N2O2/c1-2-16-10-3-5-11(6-4-10)17-13-9-15-8-7-12(13)14/h3-9H,2H2,1H3,(H2,14,15). The summed E-state index contributed by atoms with van der Waals surface area (Å²) in [4.78, 5) is 3.96. The SMILES string of the molecule is CCOc1ccc(Oc2cnccc2N)cc1. The lowest BCUT2D eigenvalue weighted by Gasteiger charge is -2.08. The van der Waals surface area contributed by atoms with Crippen LogP contribution in [0.15, 0.2) is 42.7 Å². The molecule has 0 unspecified atom stereocenters. The molecule has 88 valence electrons. The number of hydrogen-bond acceptors (Lipinski definition) is 4. The quantitative estimate of drug-likeness (QED) is 0.877. The van der Waals surface area contributed by atoms with E-state index in [-0.39, 0.29) is 0 Å². The van der Waals surface area contributed by atoms with E-state index < -0.39 is 0 Å². The molecule has 1 aromatic heterocycles. The molecule has 0 saturated carbocycles. The number of pyridine rings is 1. The highest BCUT2D eigenvalue weighted by Crippen LogP contribution is 2.27. The normalized spacial score (nSPS) is 9.94. The molecule has 4 nitrogen and oxygen atoms in total. The number of benzene rings is 1. The van der Waals surface area contributed by atoms with Crippen LogP contribution in [0.3, 0.4) is 0 Å². The molecule has 2 aromatic rings. The molecule has 0 fully saturated rings. The van der Waals surface area contributed by atoms with Crippen molar-refractivity contribution >= 4 is 5.69 Å². The van der Waals surface area contributed by atoms with Gasteiger partial charge in [-0.3, -0.25) is 4.98 Å². The van der Waals surface area contributed by atoms with E-state index in [1.54, 1.807) is 18.5 Å². The minimum absolute atomic E-state index is 0.552. The summed E-state index contributed by atoms with van der Waals surface area (Å²) in [5, 5.41) is 0. The lowest BCUT2D eigenvalue weighted by Crippen LogP contribution is -1.93. The molecule has 0 aliphatic carbocycles. The highest BCUT2D eigenvalue weighted by atomic mass is 16.5. The molecule has 1 heterocycles. The molecule has 2 rings (SSSR count). The summed E-state index contributed by atoms with van der Waals surface area (Å²) in [5.41, 5.74) is 6.32. The average molecular weight is 230 g/mol. The highest BCUT2D eigenvalue weighted by molar-refractivity contribution is 5.51. The van der Waals surface area contributed by atoms with Crippen LogP contribution in [0.5, 0.6) is 17.2 Å². The summed E-state index contributed by atoms with van der Waals surface area (Å²) in [6.07, 6.45) is 3.21. The van der Waals surface area contributed by atoms with E-state index in [0.717, 1.165) is 5.75 Å². The fourth-order valence-corrected chi connectivity index (χ4v) is 1.37. The number of nitrogen functional groups attached to an aromatic ring is 1. The van der Waals surface area contributed by atoms with E-state index in [1.807, 2.05) is 31.2 Å². The maximum absolute atomic E-state index is 5.76. The second kappa shape index (κ2) is 5.21. The maximum atomic E-state index is 5.76. The molecular formula is C13H14N2O2. The third-order valence-electron chi connectivity index (χ3n) is 2.18. The van der Waals surface area contributed by atoms with Gasteiger partial charge < -0.3 is 15.2 Å². The fraction of sp³-hybridized carbons (Fsp3) is 0.154. The largest absolute Gasteiger partial charge is 0.494 e. The van der Waals surface area contributed by atoms with Crippen LogP contribution in [0.4, 0.5) is 5.69 Å². The van der Waals surface area contributed by atoms with Gasteiger partial charge in [-0.1, -0.05) is 0 Å². The first kappa shape index (κ1) is 11.3. The monoisotopic (exact) mass is 230 g/mol. The first-order valence-corrected chi connectivity index (χ1v) is 5.40. The van der Waals surface area contributed by atoms with Gasteiger partial charge in [0.25, 0.3) is 0 Å². The van der Waals surface area contributed by atoms with E-state index in [1.165, 1.54) is 0 Å². The first-order valence-electron chi connectivity index (χ1n) is 5.40. The van der Waals surface area contributed by atoms with Gasteiger partial charge in [-0.15, -0.1) is 0 Å². The Morgan fingerprint density at radius 2 is 1.82 bits per heavy atom. The number of aromatic nitrogens is 1. The summed E-state index contributed by atoms with van der Waals surface area (Å²) < 4.78 is 10.9. The van der Waals surface area contributed by atoms with Crippen molar-refractivity contribution in [2.45, 2.75) is 6.92 Å². The van der Waals surface area contributed by atoms with Crippen molar-refractivity contribution in [2.24, 2.45) is 0 Å². The zero-order chi connectivity index (χ0) is 12.1. The van der Waals surface area contributed by atoms with E-state index in [2.05, 4.69) is 4.98 Å². The van der Waals surface area contributed by atoms with Gasteiger partial charge in [-0.25, -0.2) is 0 Å². The minimum Gasteiger partial charge on any atom is -0.494 e. The van der Waals surface area contributed by atoms with E-state index in [0.29, 0.717) is 23.8 Å². The van der Waals surface area contributed by atoms with Crippen molar-refractivity contribution in [3.63, 3.8) is 0 Å². The van der Waals surface area contributed by atoms with Crippen LogP contribution in [0.1, 0.15) is 6.92 Å². The zero-order valence-corrected chi connectivity index (χ0v) is 9.59. The van der Waals surface area contributed by atoms with E-state index >= 15 is 0 Å². The second-order valence-electron chi connectivity index (χ2n) is 3.42. The van der Waals surface area contributed by atoms with Crippen LogP contribution in [-0.2, 0) is 0 Å². The summed E-state index contributed by atoms with van der Waals surface area (Å²) in [5.74, 6) is 2.07. The maximum Gasteiger partial charge on any atom is 0.168 e. The van der Waals surface area contributed by atoms with Crippen LogP contribution >= 0.6 is 0 Å².